The standard InChI is InChI=1S/C10H14/c1-3-4-5-9(2)8-10-6-7-10/h3-5,10H,1-2,6-8H2/b5-4-. The molecule has 0 aliphatic heterocycles. The van der Waals surface area contributed by atoms with Gasteiger partial charge in [0.25, 0.3) is 0 Å². The van der Waals surface area contributed by atoms with Crippen LogP contribution in [0.5, 0.6) is 0 Å². The minimum Gasteiger partial charge on any atom is -0.0991 e. The fourth-order valence-corrected chi connectivity index (χ4v) is 0.965. The van der Waals surface area contributed by atoms with E-state index in [1.807, 2.05) is 12.2 Å². The Morgan fingerprint density at radius 2 is 2.20 bits per heavy atom. The number of hydrogen-bond donors (Lipinski definition) is 0. The number of rotatable bonds is 4. The summed E-state index contributed by atoms with van der Waals surface area (Å²) < 4.78 is 0. The van der Waals surface area contributed by atoms with E-state index in [2.05, 4.69) is 13.2 Å². The lowest BCUT2D eigenvalue weighted by molar-refractivity contribution is 0.839. The van der Waals surface area contributed by atoms with Gasteiger partial charge in [0.1, 0.15) is 0 Å². The first-order valence-electron chi connectivity index (χ1n) is 3.80. The van der Waals surface area contributed by atoms with Crippen molar-refractivity contribution in [1.29, 1.82) is 0 Å². The molecule has 1 aliphatic carbocycles. The van der Waals surface area contributed by atoms with E-state index < -0.39 is 0 Å². The second-order valence-electron chi connectivity index (χ2n) is 2.90. The van der Waals surface area contributed by atoms with Crippen LogP contribution in [0.1, 0.15) is 19.3 Å². The lowest BCUT2D eigenvalue weighted by atomic mass is 10.1. The van der Waals surface area contributed by atoms with Crippen molar-refractivity contribution in [3.8, 4) is 0 Å². The van der Waals surface area contributed by atoms with Gasteiger partial charge < -0.3 is 0 Å². The summed E-state index contributed by atoms with van der Waals surface area (Å²) >= 11 is 0. The molecular formula is C10H14. The van der Waals surface area contributed by atoms with Crippen LogP contribution < -0.4 is 0 Å². The van der Waals surface area contributed by atoms with Gasteiger partial charge in [-0.15, -0.1) is 0 Å². The van der Waals surface area contributed by atoms with Crippen LogP contribution in [0, 0.1) is 5.92 Å². The van der Waals surface area contributed by atoms with Crippen LogP contribution in [-0.4, -0.2) is 0 Å². The van der Waals surface area contributed by atoms with E-state index >= 15 is 0 Å². The van der Waals surface area contributed by atoms with Crippen LogP contribution in [-0.2, 0) is 0 Å². The van der Waals surface area contributed by atoms with E-state index in [0.29, 0.717) is 0 Å². The van der Waals surface area contributed by atoms with Gasteiger partial charge in [0.15, 0.2) is 0 Å². The molecule has 0 radical (unpaired) electrons. The molecule has 0 aromatic heterocycles. The van der Waals surface area contributed by atoms with Crippen molar-refractivity contribution in [2.24, 2.45) is 5.92 Å². The van der Waals surface area contributed by atoms with Crippen LogP contribution in [0.4, 0.5) is 0 Å². The molecule has 0 spiro atoms. The smallest absolute Gasteiger partial charge is 0.0256 e. The molecule has 10 heavy (non-hydrogen) atoms. The van der Waals surface area contributed by atoms with Crippen molar-refractivity contribution in [3.63, 3.8) is 0 Å². The van der Waals surface area contributed by atoms with Crippen LogP contribution in [0.15, 0.2) is 37.0 Å². The molecule has 0 heteroatoms. The molecule has 54 valence electrons. The van der Waals surface area contributed by atoms with Gasteiger partial charge in [-0.1, -0.05) is 37.0 Å². The van der Waals surface area contributed by atoms with E-state index in [1.165, 1.54) is 24.8 Å². The predicted molar refractivity (Wildman–Crippen MR) is 45.8 cm³/mol. The van der Waals surface area contributed by atoms with Gasteiger partial charge in [-0.2, -0.15) is 0 Å². The topological polar surface area (TPSA) is 0 Å². The summed E-state index contributed by atoms with van der Waals surface area (Å²) in [6.07, 6.45) is 9.78. The van der Waals surface area contributed by atoms with E-state index in [-0.39, 0.29) is 0 Å². The Balaban J connectivity index is 2.19. The molecule has 0 saturated heterocycles. The third-order valence-corrected chi connectivity index (χ3v) is 1.72. The maximum absolute atomic E-state index is 3.94. The Morgan fingerprint density at radius 1 is 1.50 bits per heavy atom. The zero-order valence-corrected chi connectivity index (χ0v) is 6.34. The highest BCUT2D eigenvalue weighted by molar-refractivity contribution is 5.19. The minimum absolute atomic E-state index is 0.946. The van der Waals surface area contributed by atoms with Gasteiger partial charge in [-0.05, 0) is 25.2 Å². The third kappa shape index (κ3) is 2.67. The summed E-state index contributed by atoms with van der Waals surface area (Å²) in [4.78, 5) is 0. The largest absolute Gasteiger partial charge is 0.0991 e. The summed E-state index contributed by atoms with van der Waals surface area (Å²) in [7, 11) is 0. The van der Waals surface area contributed by atoms with Crippen LogP contribution >= 0.6 is 0 Å². The van der Waals surface area contributed by atoms with Crippen LogP contribution in [0.2, 0.25) is 0 Å². The number of hydrogen-bond acceptors (Lipinski definition) is 0. The molecular weight excluding hydrogens is 120 g/mol. The monoisotopic (exact) mass is 134 g/mol. The van der Waals surface area contributed by atoms with Gasteiger partial charge in [-0.3, -0.25) is 0 Å². The summed E-state index contributed by atoms with van der Waals surface area (Å²) in [5, 5.41) is 0. The normalized spacial score (nSPS) is 17.6. The molecule has 1 saturated carbocycles. The van der Waals surface area contributed by atoms with Gasteiger partial charge in [0, 0.05) is 0 Å². The Kier molecular flexibility index (Phi) is 2.49. The minimum atomic E-state index is 0.946. The lowest BCUT2D eigenvalue weighted by Crippen LogP contribution is -1.77. The fraction of sp³-hybridized carbons (Fsp3) is 0.400. The molecule has 0 atom stereocenters. The maximum atomic E-state index is 3.94. The van der Waals surface area contributed by atoms with Gasteiger partial charge in [0.2, 0.25) is 0 Å². The molecule has 1 fully saturated rings. The van der Waals surface area contributed by atoms with E-state index in [4.69, 9.17) is 0 Å². The van der Waals surface area contributed by atoms with Gasteiger partial charge >= 0.3 is 0 Å². The molecule has 0 bridgehead atoms. The van der Waals surface area contributed by atoms with E-state index in [0.717, 1.165) is 5.92 Å². The average Bonchev–Trinajstić information content (AvgIpc) is 2.67. The highest BCUT2D eigenvalue weighted by Crippen LogP contribution is 2.34. The highest BCUT2D eigenvalue weighted by atomic mass is 14.3. The van der Waals surface area contributed by atoms with Gasteiger partial charge in [0.05, 0.1) is 0 Å². The van der Waals surface area contributed by atoms with Gasteiger partial charge in [-0.25, -0.2) is 0 Å². The molecule has 0 amide bonds. The second-order valence-corrected chi connectivity index (χ2v) is 2.90. The predicted octanol–water partition coefficient (Wildman–Crippen LogP) is 3.08. The summed E-state index contributed by atoms with van der Waals surface area (Å²) in [6.45, 7) is 7.54. The molecule has 1 aliphatic rings. The Hall–Kier alpha value is -0.780. The average molecular weight is 134 g/mol. The quantitative estimate of drug-likeness (QED) is 0.518. The zero-order chi connectivity index (χ0) is 7.40. The first-order valence-corrected chi connectivity index (χ1v) is 3.80. The number of allylic oxidation sites excluding steroid dienone is 4. The Labute approximate surface area is 62.9 Å². The second kappa shape index (κ2) is 3.40. The Morgan fingerprint density at radius 3 is 2.70 bits per heavy atom. The molecule has 1 rings (SSSR count). The molecule has 0 unspecified atom stereocenters. The summed E-state index contributed by atoms with van der Waals surface area (Å²) in [5.41, 5.74) is 1.24. The lowest BCUT2D eigenvalue weighted by Gasteiger charge is -1.93. The van der Waals surface area contributed by atoms with Crippen molar-refractivity contribution in [2.45, 2.75) is 19.3 Å². The summed E-state index contributed by atoms with van der Waals surface area (Å²) in [5.74, 6) is 0.946. The van der Waals surface area contributed by atoms with Crippen molar-refractivity contribution in [1.82, 2.24) is 0 Å². The van der Waals surface area contributed by atoms with Crippen LogP contribution in [0.3, 0.4) is 0 Å². The SMILES string of the molecule is C=C/C=C\C(=C)CC1CC1. The molecule has 0 N–H and O–H groups in total. The van der Waals surface area contributed by atoms with E-state index in [9.17, 15) is 0 Å². The molecule has 0 nitrogen and oxygen atoms in total. The van der Waals surface area contributed by atoms with Crippen molar-refractivity contribution in [3.05, 3.63) is 37.0 Å². The molecule has 0 aromatic rings. The highest BCUT2D eigenvalue weighted by Gasteiger charge is 2.20. The zero-order valence-electron chi connectivity index (χ0n) is 6.34. The van der Waals surface area contributed by atoms with Crippen LogP contribution in [0.25, 0.3) is 0 Å². The van der Waals surface area contributed by atoms with Crippen molar-refractivity contribution < 1.29 is 0 Å². The van der Waals surface area contributed by atoms with Crippen molar-refractivity contribution in [2.75, 3.05) is 0 Å². The molecule has 0 heterocycles. The molecule has 0 aromatic carbocycles. The first-order chi connectivity index (χ1) is 4.83. The maximum Gasteiger partial charge on any atom is -0.0256 e. The third-order valence-electron chi connectivity index (χ3n) is 1.72. The fourth-order valence-electron chi connectivity index (χ4n) is 0.965. The Bertz CT molecular complexity index is 159. The van der Waals surface area contributed by atoms with E-state index in [1.54, 1.807) is 6.08 Å². The summed E-state index contributed by atoms with van der Waals surface area (Å²) in [6, 6.07) is 0. The van der Waals surface area contributed by atoms with Crippen molar-refractivity contribution >= 4 is 0 Å². The first kappa shape index (κ1) is 7.33.